The van der Waals surface area contributed by atoms with Crippen molar-refractivity contribution in [2.24, 2.45) is 0 Å². The quantitative estimate of drug-likeness (QED) is 0.719. The Labute approximate surface area is 136 Å². The fourth-order valence-corrected chi connectivity index (χ4v) is 2.61. The van der Waals surface area contributed by atoms with Crippen molar-refractivity contribution < 1.29 is 8.78 Å². The molecule has 0 spiro atoms. The number of rotatable bonds is 3. The standard InChI is InChI=1S/C16H13ClF2N4/c1-8(2)22-13-12(11-9(17)4-3-5-10(11)18)15(19)23-16-14(13)20-6-7-21-16/h3-8H,1-2H3,(H,21,22,23). The van der Waals surface area contributed by atoms with E-state index in [1.54, 1.807) is 0 Å². The van der Waals surface area contributed by atoms with E-state index in [0.29, 0.717) is 11.2 Å². The van der Waals surface area contributed by atoms with Gasteiger partial charge in [-0.25, -0.2) is 14.4 Å². The lowest BCUT2D eigenvalue weighted by molar-refractivity contribution is 0.586. The van der Waals surface area contributed by atoms with E-state index in [1.807, 2.05) is 13.8 Å². The average molecular weight is 335 g/mol. The summed E-state index contributed by atoms with van der Waals surface area (Å²) < 4.78 is 28.9. The predicted octanol–water partition coefficient (Wildman–Crippen LogP) is 4.44. The first-order chi connectivity index (χ1) is 11.0. The number of anilines is 1. The predicted molar refractivity (Wildman–Crippen MR) is 86.5 cm³/mol. The highest BCUT2D eigenvalue weighted by molar-refractivity contribution is 6.33. The van der Waals surface area contributed by atoms with E-state index in [-0.39, 0.29) is 27.8 Å². The first-order valence-corrected chi connectivity index (χ1v) is 7.38. The molecule has 0 atom stereocenters. The fourth-order valence-electron chi connectivity index (χ4n) is 2.35. The van der Waals surface area contributed by atoms with Gasteiger partial charge in [-0.15, -0.1) is 0 Å². The largest absolute Gasteiger partial charge is 0.380 e. The molecule has 3 aromatic rings. The molecule has 7 heteroatoms. The molecule has 0 bridgehead atoms. The maximum Gasteiger partial charge on any atom is 0.225 e. The lowest BCUT2D eigenvalue weighted by Gasteiger charge is -2.18. The Bertz CT molecular complexity index is 863. The van der Waals surface area contributed by atoms with Crippen LogP contribution in [0.3, 0.4) is 0 Å². The van der Waals surface area contributed by atoms with Crippen molar-refractivity contribution in [1.82, 2.24) is 15.0 Å². The lowest BCUT2D eigenvalue weighted by atomic mass is 10.0. The van der Waals surface area contributed by atoms with E-state index < -0.39 is 11.8 Å². The Morgan fingerprint density at radius 3 is 2.52 bits per heavy atom. The van der Waals surface area contributed by atoms with Gasteiger partial charge >= 0.3 is 0 Å². The van der Waals surface area contributed by atoms with Crippen LogP contribution < -0.4 is 5.32 Å². The maximum atomic E-state index is 14.6. The van der Waals surface area contributed by atoms with Crippen LogP contribution in [0.1, 0.15) is 13.8 Å². The number of nitrogens with zero attached hydrogens (tertiary/aromatic N) is 3. The van der Waals surface area contributed by atoms with Crippen LogP contribution >= 0.6 is 11.6 Å². The molecule has 0 saturated carbocycles. The molecular formula is C16H13ClF2N4. The molecule has 1 aromatic carbocycles. The van der Waals surface area contributed by atoms with Crippen LogP contribution in [0, 0.1) is 11.8 Å². The topological polar surface area (TPSA) is 50.7 Å². The van der Waals surface area contributed by atoms with E-state index in [1.165, 1.54) is 30.6 Å². The normalized spacial score (nSPS) is 11.2. The van der Waals surface area contributed by atoms with E-state index in [4.69, 9.17) is 11.6 Å². The van der Waals surface area contributed by atoms with Crippen molar-refractivity contribution in [3.05, 3.63) is 47.4 Å². The molecule has 0 radical (unpaired) electrons. The zero-order chi connectivity index (χ0) is 16.6. The molecule has 3 rings (SSSR count). The highest BCUT2D eigenvalue weighted by Crippen LogP contribution is 2.39. The number of hydrogen-bond donors (Lipinski definition) is 1. The summed E-state index contributed by atoms with van der Waals surface area (Å²) in [6.45, 7) is 3.76. The van der Waals surface area contributed by atoms with Gasteiger partial charge in [0.1, 0.15) is 11.3 Å². The van der Waals surface area contributed by atoms with Crippen LogP contribution in [-0.2, 0) is 0 Å². The van der Waals surface area contributed by atoms with Gasteiger partial charge < -0.3 is 5.32 Å². The minimum absolute atomic E-state index is 0.0358. The second kappa shape index (κ2) is 6.04. The van der Waals surface area contributed by atoms with Gasteiger partial charge in [0.05, 0.1) is 16.3 Å². The second-order valence-electron chi connectivity index (χ2n) is 5.28. The summed E-state index contributed by atoms with van der Waals surface area (Å²) in [6.07, 6.45) is 2.89. The summed E-state index contributed by atoms with van der Waals surface area (Å²) in [7, 11) is 0. The smallest absolute Gasteiger partial charge is 0.225 e. The van der Waals surface area contributed by atoms with E-state index in [9.17, 15) is 8.78 Å². The summed E-state index contributed by atoms with van der Waals surface area (Å²) in [5.74, 6) is -1.48. The summed E-state index contributed by atoms with van der Waals surface area (Å²) in [6, 6.07) is 4.15. The second-order valence-corrected chi connectivity index (χ2v) is 5.68. The highest BCUT2D eigenvalue weighted by atomic mass is 35.5. The molecular weight excluding hydrogens is 322 g/mol. The number of halogens is 3. The minimum Gasteiger partial charge on any atom is -0.380 e. The molecule has 0 aliphatic rings. The molecule has 0 aliphatic heterocycles. The van der Waals surface area contributed by atoms with Crippen LogP contribution in [-0.4, -0.2) is 21.0 Å². The number of pyridine rings is 1. The number of hydrogen-bond acceptors (Lipinski definition) is 4. The van der Waals surface area contributed by atoms with Gasteiger partial charge in [0.15, 0.2) is 5.65 Å². The summed E-state index contributed by atoms with van der Waals surface area (Å²) in [5, 5.41) is 3.20. The van der Waals surface area contributed by atoms with Crippen molar-refractivity contribution in [3.63, 3.8) is 0 Å². The zero-order valence-electron chi connectivity index (χ0n) is 12.4. The summed E-state index contributed by atoms with van der Waals surface area (Å²) in [4.78, 5) is 12.0. The first kappa shape index (κ1) is 15.6. The average Bonchev–Trinajstić information content (AvgIpc) is 2.49. The molecule has 0 aliphatic carbocycles. The van der Waals surface area contributed by atoms with Gasteiger partial charge in [-0.05, 0) is 26.0 Å². The number of benzene rings is 1. The highest BCUT2D eigenvalue weighted by Gasteiger charge is 2.23. The Balaban J connectivity index is 2.42. The fraction of sp³-hybridized carbons (Fsp3) is 0.188. The third kappa shape index (κ3) is 2.82. The van der Waals surface area contributed by atoms with Crippen LogP contribution in [0.15, 0.2) is 30.6 Å². The monoisotopic (exact) mass is 334 g/mol. The molecule has 2 heterocycles. The molecule has 1 N–H and O–H groups in total. The molecule has 4 nitrogen and oxygen atoms in total. The first-order valence-electron chi connectivity index (χ1n) is 7.00. The third-order valence-electron chi connectivity index (χ3n) is 3.22. The van der Waals surface area contributed by atoms with Crippen LogP contribution in [0.2, 0.25) is 5.02 Å². The van der Waals surface area contributed by atoms with Crippen LogP contribution in [0.4, 0.5) is 14.5 Å². The lowest BCUT2D eigenvalue weighted by Crippen LogP contribution is -2.13. The van der Waals surface area contributed by atoms with Crippen molar-refractivity contribution >= 4 is 28.5 Å². The van der Waals surface area contributed by atoms with Gasteiger partial charge in [0.2, 0.25) is 5.95 Å². The molecule has 0 amide bonds. The van der Waals surface area contributed by atoms with Gasteiger partial charge in [-0.3, -0.25) is 0 Å². The van der Waals surface area contributed by atoms with Crippen molar-refractivity contribution in [2.75, 3.05) is 5.32 Å². The van der Waals surface area contributed by atoms with Gasteiger partial charge in [0.25, 0.3) is 0 Å². The minimum atomic E-state index is -0.854. The maximum absolute atomic E-state index is 14.6. The number of fused-ring (bicyclic) bond motifs is 1. The molecule has 0 unspecified atom stereocenters. The van der Waals surface area contributed by atoms with Crippen LogP contribution in [0.5, 0.6) is 0 Å². The molecule has 0 saturated heterocycles. The van der Waals surface area contributed by atoms with Crippen molar-refractivity contribution in [3.8, 4) is 11.1 Å². The number of nitrogens with one attached hydrogen (secondary N) is 1. The van der Waals surface area contributed by atoms with Crippen LogP contribution in [0.25, 0.3) is 22.3 Å². The number of aromatic nitrogens is 3. The SMILES string of the molecule is CC(C)Nc1c(-c2c(F)cccc2Cl)c(F)nc2nccnc12. The third-order valence-corrected chi connectivity index (χ3v) is 3.54. The Morgan fingerprint density at radius 2 is 1.83 bits per heavy atom. The summed E-state index contributed by atoms with van der Waals surface area (Å²) in [5.41, 5.74) is 0.730. The summed E-state index contributed by atoms with van der Waals surface area (Å²) >= 11 is 6.10. The molecule has 2 aromatic heterocycles. The molecule has 23 heavy (non-hydrogen) atoms. The Kier molecular flexibility index (Phi) is 4.09. The van der Waals surface area contributed by atoms with Gasteiger partial charge in [-0.2, -0.15) is 9.37 Å². The van der Waals surface area contributed by atoms with E-state index in [0.717, 1.165) is 0 Å². The van der Waals surface area contributed by atoms with Crippen molar-refractivity contribution in [2.45, 2.75) is 19.9 Å². The van der Waals surface area contributed by atoms with Gasteiger partial charge in [-0.1, -0.05) is 17.7 Å². The van der Waals surface area contributed by atoms with E-state index in [2.05, 4.69) is 20.3 Å². The van der Waals surface area contributed by atoms with Crippen molar-refractivity contribution in [1.29, 1.82) is 0 Å². The zero-order valence-corrected chi connectivity index (χ0v) is 13.2. The Morgan fingerprint density at radius 1 is 1.09 bits per heavy atom. The molecule has 0 fully saturated rings. The van der Waals surface area contributed by atoms with E-state index >= 15 is 0 Å². The molecule has 118 valence electrons. The Hall–Kier alpha value is -2.34. The van der Waals surface area contributed by atoms with Gasteiger partial charge in [0, 0.05) is 24.0 Å².